The van der Waals surface area contributed by atoms with Gasteiger partial charge in [-0.3, -0.25) is 14.4 Å². The van der Waals surface area contributed by atoms with Crippen molar-refractivity contribution in [2.75, 3.05) is 18.1 Å². The van der Waals surface area contributed by atoms with Gasteiger partial charge in [-0.1, -0.05) is 48.6 Å². The maximum atomic E-state index is 14.5. The number of benzene rings is 2. The van der Waals surface area contributed by atoms with E-state index in [0.717, 1.165) is 46.3 Å². The Labute approximate surface area is 310 Å². The minimum atomic E-state index is -1.05. The maximum Gasteiger partial charge on any atom is 0.408 e. The zero-order valence-electron chi connectivity index (χ0n) is 30.8. The molecule has 1 aliphatic heterocycles. The highest BCUT2D eigenvalue weighted by molar-refractivity contribution is 7.99. The van der Waals surface area contributed by atoms with Crippen LogP contribution in [-0.2, 0) is 19.1 Å². The molecule has 10 nitrogen and oxygen atoms in total. The van der Waals surface area contributed by atoms with Gasteiger partial charge in [0.25, 0.3) is 0 Å². The Kier molecular flexibility index (Phi) is 12.1. The highest BCUT2D eigenvalue weighted by atomic mass is 32.2. The van der Waals surface area contributed by atoms with E-state index in [9.17, 15) is 19.2 Å². The van der Waals surface area contributed by atoms with Crippen molar-refractivity contribution in [1.82, 2.24) is 20.5 Å². The molecule has 1 unspecified atom stereocenters. The normalized spacial score (nSPS) is 21.6. The van der Waals surface area contributed by atoms with Crippen molar-refractivity contribution in [1.29, 1.82) is 0 Å². The Balaban J connectivity index is 1.47. The number of Topliss-reactive ketones (excluding diaryl/α,β-unsaturated/α-hetero) is 1. The van der Waals surface area contributed by atoms with E-state index in [2.05, 4.69) is 23.8 Å². The molecule has 3 aromatic rings. The summed E-state index contributed by atoms with van der Waals surface area (Å²) in [4.78, 5) is 60.8. The Morgan fingerprint density at radius 2 is 1.87 bits per heavy atom. The summed E-state index contributed by atoms with van der Waals surface area (Å²) < 4.78 is 12.2. The first-order chi connectivity index (χ1) is 24.7. The Bertz CT molecular complexity index is 1820. The molecule has 2 aromatic carbocycles. The molecule has 1 saturated carbocycles. The largest absolute Gasteiger partial charge is 0.488 e. The van der Waals surface area contributed by atoms with Gasteiger partial charge in [-0.15, -0.1) is 13.2 Å². The number of aryl methyl sites for hydroxylation is 1. The molecule has 2 fully saturated rings. The van der Waals surface area contributed by atoms with Crippen LogP contribution >= 0.6 is 11.8 Å². The average Bonchev–Trinajstić information content (AvgIpc) is 3.66. The number of aromatic nitrogens is 1. The van der Waals surface area contributed by atoms with Crippen molar-refractivity contribution in [3.05, 3.63) is 85.5 Å². The maximum absolute atomic E-state index is 14.5. The topological polar surface area (TPSA) is 127 Å². The second-order valence-electron chi connectivity index (χ2n) is 14.6. The van der Waals surface area contributed by atoms with Crippen LogP contribution in [0, 0.1) is 12.8 Å². The summed E-state index contributed by atoms with van der Waals surface area (Å²) >= 11 is 1.53. The molecule has 0 spiro atoms. The zero-order chi connectivity index (χ0) is 37.6. The number of rotatable bonds is 15. The Hall–Kier alpha value is -4.64. The number of ketones is 1. The summed E-state index contributed by atoms with van der Waals surface area (Å²) in [6, 6.07) is 15.7. The fourth-order valence-electron chi connectivity index (χ4n) is 6.58. The number of alkyl carbamates (subject to hydrolysis) is 1. The van der Waals surface area contributed by atoms with Gasteiger partial charge in [0.1, 0.15) is 35.1 Å². The number of thioether (sulfide) groups is 1. The van der Waals surface area contributed by atoms with Gasteiger partial charge < -0.3 is 25.0 Å². The second kappa shape index (κ2) is 16.4. The number of hydrogen-bond acceptors (Lipinski definition) is 8. The molecule has 5 atom stereocenters. The number of amides is 3. The van der Waals surface area contributed by atoms with Crippen molar-refractivity contribution < 1.29 is 28.7 Å². The first-order valence-corrected chi connectivity index (χ1v) is 19.0. The van der Waals surface area contributed by atoms with Crippen LogP contribution in [0.4, 0.5) is 4.79 Å². The van der Waals surface area contributed by atoms with Crippen molar-refractivity contribution in [2.45, 2.75) is 89.6 Å². The van der Waals surface area contributed by atoms with Crippen LogP contribution in [0.15, 0.2) is 79.9 Å². The van der Waals surface area contributed by atoms with Crippen LogP contribution in [-0.4, -0.2) is 81.0 Å². The van der Waals surface area contributed by atoms with E-state index in [-0.39, 0.29) is 30.4 Å². The third-order valence-corrected chi connectivity index (χ3v) is 10.5. The lowest BCUT2D eigenvalue weighted by Gasteiger charge is -2.30. The van der Waals surface area contributed by atoms with E-state index < -0.39 is 47.2 Å². The lowest BCUT2D eigenvalue weighted by molar-refractivity contribution is -0.140. The predicted octanol–water partition coefficient (Wildman–Crippen LogP) is 6.80. The van der Waals surface area contributed by atoms with E-state index >= 15 is 0 Å². The number of unbranched alkanes of at least 4 members (excludes halogenated alkanes) is 1. The molecule has 11 heteroatoms. The summed E-state index contributed by atoms with van der Waals surface area (Å²) in [5, 5.41) is 6.56. The van der Waals surface area contributed by atoms with Crippen LogP contribution in [0.25, 0.3) is 22.2 Å². The molecule has 5 rings (SSSR count). The van der Waals surface area contributed by atoms with Crippen LogP contribution in [0.2, 0.25) is 0 Å². The molecule has 2 heterocycles. The first kappa shape index (κ1) is 38.6. The fourth-order valence-corrected chi connectivity index (χ4v) is 7.58. The number of carbonyl (C=O) groups is 4. The van der Waals surface area contributed by atoms with Crippen LogP contribution < -0.4 is 15.4 Å². The van der Waals surface area contributed by atoms with Crippen molar-refractivity contribution in [3.63, 3.8) is 0 Å². The Morgan fingerprint density at radius 1 is 1.12 bits per heavy atom. The molecule has 2 N–H and O–H groups in total. The molecular weight excluding hydrogens is 677 g/mol. The summed E-state index contributed by atoms with van der Waals surface area (Å²) in [7, 11) is 0. The summed E-state index contributed by atoms with van der Waals surface area (Å²) in [5.41, 5.74) is 1.64. The third kappa shape index (κ3) is 9.23. The highest BCUT2D eigenvalue weighted by Crippen LogP contribution is 2.45. The summed E-state index contributed by atoms with van der Waals surface area (Å²) in [6.45, 7) is 16.4. The number of pyridine rings is 1. The molecule has 2 aliphatic rings. The van der Waals surface area contributed by atoms with Gasteiger partial charge in [0.2, 0.25) is 11.8 Å². The standard InChI is InChI=1S/C41H50N4O6S/c1-8-10-14-19-52-25-34(43-39(49)51-40(5,6)7)38(48)45-24-30(21-35(45)37(47)44-41(27(4)46)23-29(41)9-2)50-36-22-32(28-15-12-11-13-16-28)42-33-20-26(3)17-18-31(33)36/h8-9,11-13,15-18,20,22,29-30,34-35H,1-2,10,14,19,21,23-25H2,3-7H3,(H,43,49)(H,44,47)/t29?,30-,34+,35+,41+/m1/s1. The molecular formula is C41H50N4O6S. The number of nitrogens with one attached hydrogen (secondary N) is 2. The van der Waals surface area contributed by atoms with E-state index in [1.807, 2.05) is 67.6 Å². The van der Waals surface area contributed by atoms with Gasteiger partial charge in [-0.2, -0.15) is 11.8 Å². The molecule has 1 saturated heterocycles. The number of nitrogens with zero attached hydrogens (tertiary/aromatic N) is 2. The molecule has 3 amide bonds. The number of hydrogen-bond donors (Lipinski definition) is 2. The third-order valence-electron chi connectivity index (χ3n) is 9.38. The monoisotopic (exact) mass is 726 g/mol. The van der Waals surface area contributed by atoms with Gasteiger partial charge >= 0.3 is 6.09 Å². The second-order valence-corrected chi connectivity index (χ2v) is 15.8. The van der Waals surface area contributed by atoms with Gasteiger partial charge in [-0.25, -0.2) is 9.78 Å². The van der Waals surface area contributed by atoms with Gasteiger partial charge in [-0.05, 0) is 77.3 Å². The van der Waals surface area contributed by atoms with Crippen molar-refractivity contribution in [2.24, 2.45) is 5.92 Å². The van der Waals surface area contributed by atoms with Gasteiger partial charge in [0.05, 0.1) is 17.8 Å². The lowest BCUT2D eigenvalue weighted by atomic mass is 10.1. The van der Waals surface area contributed by atoms with Gasteiger partial charge in [0.15, 0.2) is 5.78 Å². The van der Waals surface area contributed by atoms with Crippen LogP contribution in [0.5, 0.6) is 5.75 Å². The van der Waals surface area contributed by atoms with E-state index in [0.29, 0.717) is 12.2 Å². The van der Waals surface area contributed by atoms with Crippen LogP contribution in [0.3, 0.4) is 0 Å². The van der Waals surface area contributed by atoms with Crippen molar-refractivity contribution in [3.8, 4) is 17.0 Å². The molecule has 0 radical (unpaired) electrons. The first-order valence-electron chi connectivity index (χ1n) is 17.8. The number of carbonyl (C=O) groups excluding carboxylic acids is 4. The quantitative estimate of drug-likeness (QED) is 0.129. The van der Waals surface area contributed by atoms with E-state index in [1.165, 1.54) is 23.6 Å². The van der Waals surface area contributed by atoms with Gasteiger partial charge in [0, 0.05) is 35.1 Å². The number of likely N-dealkylation sites (tertiary alicyclic amines) is 1. The number of allylic oxidation sites excluding steroid dienone is 1. The molecule has 1 aliphatic carbocycles. The minimum Gasteiger partial charge on any atom is -0.488 e. The van der Waals surface area contributed by atoms with Crippen LogP contribution in [0.1, 0.15) is 58.9 Å². The molecule has 1 aromatic heterocycles. The minimum absolute atomic E-state index is 0.0822. The average molecular weight is 727 g/mol. The van der Waals surface area contributed by atoms with E-state index in [1.54, 1.807) is 26.8 Å². The SMILES string of the molecule is C=CCCCSC[C@H](NC(=O)OC(C)(C)C)C(=O)N1C[C@H](Oc2cc(-c3ccccc3)nc3cc(C)ccc23)C[C@H]1C(=O)N[C@]1(C(C)=O)CC1C=C. The molecule has 52 heavy (non-hydrogen) atoms. The highest BCUT2D eigenvalue weighted by Gasteiger charge is 2.58. The summed E-state index contributed by atoms with van der Waals surface area (Å²) in [6.07, 6.45) is 4.54. The predicted molar refractivity (Wildman–Crippen MR) is 206 cm³/mol. The smallest absolute Gasteiger partial charge is 0.408 e. The zero-order valence-corrected chi connectivity index (χ0v) is 31.6. The van der Waals surface area contributed by atoms with Crippen molar-refractivity contribution >= 4 is 46.4 Å². The van der Waals surface area contributed by atoms with E-state index in [4.69, 9.17) is 14.5 Å². The number of ether oxygens (including phenoxy) is 2. The lowest BCUT2D eigenvalue weighted by Crippen LogP contribution is -2.57. The molecule has 276 valence electrons. The summed E-state index contributed by atoms with van der Waals surface area (Å²) in [5.74, 6) is 0.373. The Morgan fingerprint density at radius 3 is 2.52 bits per heavy atom. The fraction of sp³-hybridized carbons (Fsp3) is 0.439. The molecule has 0 bridgehead atoms. The number of fused-ring (bicyclic) bond motifs is 1.